The summed E-state index contributed by atoms with van der Waals surface area (Å²) >= 11 is 12.0. The van der Waals surface area contributed by atoms with Gasteiger partial charge in [0.1, 0.15) is 0 Å². The van der Waals surface area contributed by atoms with Crippen molar-refractivity contribution in [3.8, 4) is 0 Å². The minimum Gasteiger partial charge on any atom is -0.314 e. The van der Waals surface area contributed by atoms with Crippen molar-refractivity contribution in [2.75, 3.05) is 6.54 Å². The van der Waals surface area contributed by atoms with Crippen LogP contribution in [0.5, 0.6) is 0 Å². The molecule has 0 heterocycles. The first-order valence-electron chi connectivity index (χ1n) is 6.88. The number of hydrogen-bond acceptors (Lipinski definition) is 1. The van der Waals surface area contributed by atoms with Crippen molar-refractivity contribution in [3.05, 3.63) is 33.8 Å². The monoisotopic (exact) mass is 285 g/mol. The molecule has 3 heteroatoms. The number of rotatable bonds is 7. The molecule has 1 nitrogen and oxygen atoms in total. The van der Waals surface area contributed by atoms with Crippen molar-refractivity contribution in [2.45, 2.75) is 45.1 Å². The van der Waals surface area contributed by atoms with E-state index in [0.29, 0.717) is 16.1 Å². The molecule has 1 aromatic rings. The van der Waals surface area contributed by atoms with Crippen molar-refractivity contribution in [1.29, 1.82) is 0 Å². The topological polar surface area (TPSA) is 12.0 Å². The lowest BCUT2D eigenvalue weighted by Crippen LogP contribution is -2.32. The minimum absolute atomic E-state index is 0.642. The second-order valence-corrected chi connectivity index (χ2v) is 6.00. The van der Waals surface area contributed by atoms with Crippen LogP contribution in [-0.4, -0.2) is 12.6 Å². The van der Waals surface area contributed by atoms with E-state index in [-0.39, 0.29) is 0 Å². The Kier molecular flexibility index (Phi) is 5.35. The van der Waals surface area contributed by atoms with Gasteiger partial charge in [0.25, 0.3) is 0 Å². The van der Waals surface area contributed by atoms with E-state index in [0.717, 1.165) is 18.9 Å². The zero-order valence-corrected chi connectivity index (χ0v) is 12.4. The molecule has 18 heavy (non-hydrogen) atoms. The highest BCUT2D eigenvalue weighted by atomic mass is 35.5. The van der Waals surface area contributed by atoms with Gasteiger partial charge in [-0.25, -0.2) is 0 Å². The standard InChI is InChI=1S/C15H21Cl2N/c1-2-9-18-15(12-5-6-12)8-4-11-3-7-13(16)14(17)10-11/h3,7,10,12,15,18H,2,4-6,8-9H2,1H3. The van der Waals surface area contributed by atoms with E-state index in [1.807, 2.05) is 12.1 Å². The first-order chi connectivity index (χ1) is 8.70. The van der Waals surface area contributed by atoms with Crippen LogP contribution in [0.3, 0.4) is 0 Å². The molecule has 0 aromatic heterocycles. The van der Waals surface area contributed by atoms with Crippen LogP contribution in [0.25, 0.3) is 0 Å². The Morgan fingerprint density at radius 1 is 1.28 bits per heavy atom. The van der Waals surface area contributed by atoms with Gasteiger partial charge in [0.2, 0.25) is 0 Å². The highest BCUT2D eigenvalue weighted by Crippen LogP contribution is 2.34. The fourth-order valence-electron chi connectivity index (χ4n) is 2.35. The van der Waals surface area contributed by atoms with Gasteiger partial charge in [0, 0.05) is 6.04 Å². The number of halogens is 2. The fourth-order valence-corrected chi connectivity index (χ4v) is 2.67. The maximum atomic E-state index is 6.04. The van der Waals surface area contributed by atoms with Gasteiger partial charge in [-0.2, -0.15) is 0 Å². The highest BCUT2D eigenvalue weighted by Gasteiger charge is 2.30. The SMILES string of the molecule is CCCNC(CCc1ccc(Cl)c(Cl)c1)C1CC1. The van der Waals surface area contributed by atoms with Gasteiger partial charge < -0.3 is 5.32 Å². The largest absolute Gasteiger partial charge is 0.314 e. The molecular weight excluding hydrogens is 265 g/mol. The molecule has 1 saturated carbocycles. The third-order valence-electron chi connectivity index (χ3n) is 3.58. The Labute approximate surface area is 120 Å². The molecule has 2 rings (SSSR count). The van der Waals surface area contributed by atoms with Crippen LogP contribution in [0.15, 0.2) is 18.2 Å². The van der Waals surface area contributed by atoms with Crippen LogP contribution >= 0.6 is 23.2 Å². The lowest BCUT2D eigenvalue weighted by molar-refractivity contribution is 0.436. The molecular formula is C15H21Cl2N. The third kappa shape index (κ3) is 4.15. The number of nitrogens with one attached hydrogen (secondary N) is 1. The second-order valence-electron chi connectivity index (χ2n) is 5.19. The van der Waals surface area contributed by atoms with E-state index >= 15 is 0 Å². The van der Waals surface area contributed by atoms with Gasteiger partial charge in [0.05, 0.1) is 10.0 Å². The van der Waals surface area contributed by atoms with Crippen molar-refractivity contribution in [3.63, 3.8) is 0 Å². The Morgan fingerprint density at radius 2 is 2.06 bits per heavy atom. The summed E-state index contributed by atoms with van der Waals surface area (Å²) < 4.78 is 0. The van der Waals surface area contributed by atoms with Crippen molar-refractivity contribution in [2.24, 2.45) is 5.92 Å². The number of benzene rings is 1. The van der Waals surface area contributed by atoms with E-state index < -0.39 is 0 Å². The molecule has 1 atom stereocenters. The lowest BCUT2D eigenvalue weighted by atomic mass is 10.0. The first kappa shape index (κ1) is 14.2. The summed E-state index contributed by atoms with van der Waals surface area (Å²) in [7, 11) is 0. The van der Waals surface area contributed by atoms with Gasteiger partial charge in [-0.05, 0) is 62.3 Å². The zero-order chi connectivity index (χ0) is 13.0. The van der Waals surface area contributed by atoms with Crippen LogP contribution < -0.4 is 5.32 Å². The molecule has 100 valence electrons. The van der Waals surface area contributed by atoms with Crippen LogP contribution in [0.2, 0.25) is 10.0 Å². The average Bonchev–Trinajstić information content (AvgIpc) is 3.18. The predicted octanol–water partition coefficient (Wildman–Crippen LogP) is 4.70. The van der Waals surface area contributed by atoms with E-state index in [9.17, 15) is 0 Å². The Morgan fingerprint density at radius 3 is 2.67 bits per heavy atom. The highest BCUT2D eigenvalue weighted by molar-refractivity contribution is 6.42. The molecule has 0 spiro atoms. The van der Waals surface area contributed by atoms with Crippen molar-refractivity contribution < 1.29 is 0 Å². The maximum Gasteiger partial charge on any atom is 0.0595 e. The molecule has 0 bridgehead atoms. The van der Waals surface area contributed by atoms with Crippen molar-refractivity contribution in [1.82, 2.24) is 5.32 Å². The smallest absolute Gasteiger partial charge is 0.0595 e. The maximum absolute atomic E-state index is 6.04. The molecule has 0 saturated heterocycles. The van der Waals surface area contributed by atoms with Gasteiger partial charge >= 0.3 is 0 Å². The van der Waals surface area contributed by atoms with Gasteiger partial charge in [-0.15, -0.1) is 0 Å². The third-order valence-corrected chi connectivity index (χ3v) is 4.31. The van der Waals surface area contributed by atoms with Gasteiger partial charge in [-0.3, -0.25) is 0 Å². The fraction of sp³-hybridized carbons (Fsp3) is 0.600. The number of aryl methyl sites for hydroxylation is 1. The van der Waals surface area contributed by atoms with Crippen LogP contribution in [0.1, 0.15) is 38.2 Å². The minimum atomic E-state index is 0.642. The van der Waals surface area contributed by atoms with Gasteiger partial charge in [-0.1, -0.05) is 36.2 Å². The van der Waals surface area contributed by atoms with Crippen molar-refractivity contribution >= 4 is 23.2 Å². The average molecular weight is 286 g/mol. The summed E-state index contributed by atoms with van der Waals surface area (Å²) in [5.74, 6) is 0.902. The van der Waals surface area contributed by atoms with E-state index in [1.54, 1.807) is 0 Å². The molecule has 1 aromatic carbocycles. The number of hydrogen-bond donors (Lipinski definition) is 1. The van der Waals surface area contributed by atoms with Crippen LogP contribution in [-0.2, 0) is 6.42 Å². The Hall–Kier alpha value is -0.240. The lowest BCUT2D eigenvalue weighted by Gasteiger charge is -2.18. The normalized spacial score (nSPS) is 16.8. The Bertz CT molecular complexity index is 388. The second kappa shape index (κ2) is 6.79. The van der Waals surface area contributed by atoms with Gasteiger partial charge in [0.15, 0.2) is 0 Å². The molecule has 1 aliphatic carbocycles. The predicted molar refractivity (Wildman–Crippen MR) is 79.6 cm³/mol. The molecule has 0 aliphatic heterocycles. The quantitative estimate of drug-likeness (QED) is 0.765. The first-order valence-corrected chi connectivity index (χ1v) is 7.63. The summed E-state index contributed by atoms with van der Waals surface area (Å²) in [4.78, 5) is 0. The summed E-state index contributed by atoms with van der Waals surface area (Å²) in [5.41, 5.74) is 1.29. The zero-order valence-electron chi connectivity index (χ0n) is 10.9. The molecule has 1 N–H and O–H groups in total. The Balaban J connectivity index is 1.86. The summed E-state index contributed by atoms with van der Waals surface area (Å²) in [6.45, 7) is 3.35. The van der Waals surface area contributed by atoms with Crippen LogP contribution in [0, 0.1) is 5.92 Å². The molecule has 1 fully saturated rings. The molecule has 1 aliphatic rings. The summed E-state index contributed by atoms with van der Waals surface area (Å²) in [6.07, 6.45) is 6.26. The molecule has 1 unspecified atom stereocenters. The summed E-state index contributed by atoms with van der Waals surface area (Å²) in [5, 5.41) is 4.98. The van der Waals surface area contributed by atoms with E-state index in [2.05, 4.69) is 18.3 Å². The summed E-state index contributed by atoms with van der Waals surface area (Å²) in [6, 6.07) is 6.65. The molecule has 0 amide bonds. The van der Waals surface area contributed by atoms with Crippen LogP contribution in [0.4, 0.5) is 0 Å². The van der Waals surface area contributed by atoms with E-state index in [4.69, 9.17) is 23.2 Å². The van der Waals surface area contributed by atoms with E-state index in [1.165, 1.54) is 31.2 Å². The molecule has 0 radical (unpaired) electrons.